The molecule has 6 heteroatoms. The van der Waals surface area contributed by atoms with Gasteiger partial charge in [-0.1, -0.05) is 41.6 Å². The highest BCUT2D eigenvalue weighted by Crippen LogP contribution is 2.26. The second kappa shape index (κ2) is 7.64. The van der Waals surface area contributed by atoms with Crippen molar-refractivity contribution in [3.05, 3.63) is 65.7 Å². The van der Waals surface area contributed by atoms with Crippen LogP contribution in [0, 0.1) is 11.3 Å². The van der Waals surface area contributed by atoms with Crippen molar-refractivity contribution in [2.75, 3.05) is 0 Å². The van der Waals surface area contributed by atoms with E-state index in [1.54, 1.807) is 31.2 Å². The molecule has 130 valence electrons. The molecule has 0 radical (unpaired) electrons. The van der Waals surface area contributed by atoms with E-state index in [0.717, 1.165) is 16.7 Å². The van der Waals surface area contributed by atoms with Crippen LogP contribution < -0.4 is 5.32 Å². The molecular weight excluding hydrogens is 330 g/mol. The molecule has 26 heavy (non-hydrogen) atoms. The number of rotatable bonds is 5. The molecule has 1 aromatic heterocycles. The van der Waals surface area contributed by atoms with Gasteiger partial charge in [-0.15, -0.1) is 0 Å². The lowest BCUT2D eigenvalue weighted by Crippen LogP contribution is -2.31. The zero-order valence-electron chi connectivity index (χ0n) is 14.1. The van der Waals surface area contributed by atoms with Gasteiger partial charge in [0.1, 0.15) is 11.7 Å². The van der Waals surface area contributed by atoms with Gasteiger partial charge in [-0.25, -0.2) is 0 Å². The van der Waals surface area contributed by atoms with Crippen molar-refractivity contribution in [3.8, 4) is 28.7 Å². The Morgan fingerprint density at radius 2 is 2.00 bits per heavy atom. The van der Waals surface area contributed by atoms with Crippen LogP contribution in [0.1, 0.15) is 22.8 Å². The van der Waals surface area contributed by atoms with Crippen LogP contribution in [0.2, 0.25) is 0 Å². The van der Waals surface area contributed by atoms with Gasteiger partial charge in [-0.05, 0) is 24.6 Å². The Labute approximate surface area is 150 Å². The van der Waals surface area contributed by atoms with Gasteiger partial charge in [-0.3, -0.25) is 4.79 Å². The number of hydrogen-bond donors (Lipinski definition) is 2. The molecule has 0 fully saturated rings. The third kappa shape index (κ3) is 3.79. The average molecular weight is 347 g/mol. The predicted octanol–water partition coefficient (Wildman–Crippen LogP) is 3.14. The first-order valence-corrected chi connectivity index (χ1v) is 8.08. The summed E-state index contributed by atoms with van der Waals surface area (Å²) < 4.78 is 5.40. The monoisotopic (exact) mass is 347 g/mol. The fourth-order valence-corrected chi connectivity index (χ4v) is 2.45. The lowest BCUT2D eigenvalue weighted by atomic mass is 10.1. The lowest BCUT2D eigenvalue weighted by Gasteiger charge is -2.07. The predicted molar refractivity (Wildman–Crippen MR) is 95.8 cm³/mol. The van der Waals surface area contributed by atoms with Crippen molar-refractivity contribution >= 4 is 5.91 Å². The van der Waals surface area contributed by atoms with Crippen LogP contribution in [0.5, 0.6) is 0 Å². The Kier molecular flexibility index (Phi) is 5.11. The summed E-state index contributed by atoms with van der Waals surface area (Å²) in [6.07, 6.45) is 0. The number of aliphatic hydroxyl groups is 1. The van der Waals surface area contributed by atoms with E-state index < -0.39 is 6.04 Å². The SMILES string of the molecule is C[C@H](C#N)NC(=O)c1cccc(-c2cc(-c3ccc(CO)cc3)on2)c1. The van der Waals surface area contributed by atoms with Gasteiger partial charge in [0, 0.05) is 22.8 Å². The summed E-state index contributed by atoms with van der Waals surface area (Å²) in [6, 6.07) is 17.5. The smallest absolute Gasteiger partial charge is 0.252 e. The second-order valence-electron chi connectivity index (χ2n) is 5.84. The number of nitrogens with zero attached hydrogens (tertiary/aromatic N) is 2. The van der Waals surface area contributed by atoms with Gasteiger partial charge in [0.25, 0.3) is 5.91 Å². The van der Waals surface area contributed by atoms with Crippen molar-refractivity contribution in [3.63, 3.8) is 0 Å². The second-order valence-corrected chi connectivity index (χ2v) is 5.84. The third-order valence-corrected chi connectivity index (χ3v) is 3.89. The van der Waals surface area contributed by atoms with Crippen molar-refractivity contribution in [2.24, 2.45) is 0 Å². The van der Waals surface area contributed by atoms with Crippen LogP contribution >= 0.6 is 0 Å². The molecule has 6 nitrogen and oxygen atoms in total. The maximum atomic E-state index is 12.2. The van der Waals surface area contributed by atoms with Crippen LogP contribution in [0.25, 0.3) is 22.6 Å². The summed E-state index contributed by atoms with van der Waals surface area (Å²) >= 11 is 0. The van der Waals surface area contributed by atoms with Crippen molar-refractivity contribution in [2.45, 2.75) is 19.6 Å². The molecule has 0 saturated heterocycles. The molecule has 1 amide bonds. The molecule has 3 rings (SSSR count). The van der Waals surface area contributed by atoms with Crippen molar-refractivity contribution in [1.29, 1.82) is 5.26 Å². The quantitative estimate of drug-likeness (QED) is 0.739. The number of aliphatic hydroxyl groups excluding tert-OH is 1. The first kappa shape index (κ1) is 17.4. The number of aromatic nitrogens is 1. The largest absolute Gasteiger partial charge is 0.392 e. The van der Waals surface area contributed by atoms with E-state index in [1.807, 2.05) is 36.4 Å². The van der Waals surface area contributed by atoms with Gasteiger partial charge in [0.05, 0.1) is 12.7 Å². The standard InChI is InChI=1S/C20H17N3O3/c1-13(11-21)22-20(25)17-4-2-3-16(9-17)18-10-19(26-23-18)15-7-5-14(12-24)6-8-15/h2-10,13,24H,12H2,1H3,(H,22,25)/t13-/m1/s1. The van der Waals surface area contributed by atoms with Crippen LogP contribution in [0.4, 0.5) is 0 Å². The molecule has 0 spiro atoms. The van der Waals surface area contributed by atoms with Gasteiger partial charge in [0.15, 0.2) is 5.76 Å². The molecule has 1 heterocycles. The Hall–Kier alpha value is -3.43. The van der Waals surface area contributed by atoms with Crippen molar-refractivity contribution in [1.82, 2.24) is 10.5 Å². The van der Waals surface area contributed by atoms with E-state index in [2.05, 4.69) is 10.5 Å². The zero-order chi connectivity index (χ0) is 18.5. The number of hydrogen-bond acceptors (Lipinski definition) is 5. The van der Waals surface area contributed by atoms with Gasteiger partial charge in [-0.2, -0.15) is 5.26 Å². The minimum Gasteiger partial charge on any atom is -0.392 e. The fraction of sp³-hybridized carbons (Fsp3) is 0.150. The summed E-state index contributed by atoms with van der Waals surface area (Å²) in [5, 5.41) is 24.6. The summed E-state index contributed by atoms with van der Waals surface area (Å²) in [5.74, 6) is 0.279. The molecule has 0 aliphatic rings. The third-order valence-electron chi connectivity index (χ3n) is 3.89. The molecule has 0 unspecified atom stereocenters. The van der Waals surface area contributed by atoms with E-state index in [0.29, 0.717) is 17.0 Å². The molecule has 2 N–H and O–H groups in total. The number of carbonyl (C=O) groups is 1. The topological polar surface area (TPSA) is 99.2 Å². The molecule has 2 aromatic carbocycles. The Bertz CT molecular complexity index is 955. The molecule has 3 aromatic rings. The van der Waals surface area contributed by atoms with Gasteiger partial charge < -0.3 is 14.9 Å². The maximum Gasteiger partial charge on any atom is 0.252 e. The Balaban J connectivity index is 1.84. The van der Waals surface area contributed by atoms with Gasteiger partial charge in [0.2, 0.25) is 0 Å². The van der Waals surface area contributed by atoms with Crippen LogP contribution in [-0.4, -0.2) is 22.2 Å². The number of nitriles is 1. The zero-order valence-corrected chi connectivity index (χ0v) is 14.1. The number of benzene rings is 2. The van der Waals surface area contributed by atoms with Crippen molar-refractivity contribution < 1.29 is 14.4 Å². The highest BCUT2D eigenvalue weighted by atomic mass is 16.5. The normalized spacial score (nSPS) is 11.6. The lowest BCUT2D eigenvalue weighted by molar-refractivity contribution is 0.0948. The molecule has 0 aliphatic heterocycles. The van der Waals surface area contributed by atoms with E-state index in [-0.39, 0.29) is 12.5 Å². The summed E-state index contributed by atoms with van der Waals surface area (Å²) in [7, 11) is 0. The number of amides is 1. The molecule has 0 saturated carbocycles. The van der Waals surface area contributed by atoms with E-state index in [9.17, 15) is 4.79 Å². The summed E-state index contributed by atoms with van der Waals surface area (Å²) in [5.41, 5.74) is 3.45. The number of carbonyl (C=O) groups excluding carboxylic acids is 1. The summed E-state index contributed by atoms with van der Waals surface area (Å²) in [6.45, 7) is 1.61. The Morgan fingerprint density at radius 1 is 1.23 bits per heavy atom. The van der Waals surface area contributed by atoms with E-state index in [1.165, 1.54) is 0 Å². The molecule has 0 bridgehead atoms. The summed E-state index contributed by atoms with van der Waals surface area (Å²) in [4.78, 5) is 12.2. The number of nitrogens with one attached hydrogen (secondary N) is 1. The molecular formula is C20H17N3O3. The van der Waals surface area contributed by atoms with Gasteiger partial charge >= 0.3 is 0 Å². The van der Waals surface area contributed by atoms with Crippen LogP contribution in [-0.2, 0) is 6.61 Å². The highest BCUT2D eigenvalue weighted by molar-refractivity contribution is 5.95. The first-order valence-electron chi connectivity index (χ1n) is 8.08. The fourth-order valence-electron chi connectivity index (χ4n) is 2.45. The van der Waals surface area contributed by atoms with E-state index >= 15 is 0 Å². The molecule has 0 aliphatic carbocycles. The van der Waals surface area contributed by atoms with Crippen LogP contribution in [0.3, 0.4) is 0 Å². The minimum absolute atomic E-state index is 0.0127. The highest BCUT2D eigenvalue weighted by Gasteiger charge is 2.13. The first-order chi connectivity index (χ1) is 12.6. The molecule has 1 atom stereocenters. The average Bonchev–Trinajstić information content (AvgIpc) is 3.18. The Morgan fingerprint density at radius 3 is 2.69 bits per heavy atom. The van der Waals surface area contributed by atoms with E-state index in [4.69, 9.17) is 14.9 Å². The maximum absolute atomic E-state index is 12.2. The van der Waals surface area contributed by atoms with Crippen LogP contribution in [0.15, 0.2) is 59.1 Å². The minimum atomic E-state index is -0.563.